The van der Waals surface area contributed by atoms with E-state index in [4.69, 9.17) is 28.5 Å². The summed E-state index contributed by atoms with van der Waals surface area (Å²) in [5.74, 6) is 6.84. The number of nitrogen functional groups attached to an aromatic ring is 2. The Morgan fingerprint density at radius 1 is 1.47 bits per heavy atom. The van der Waals surface area contributed by atoms with E-state index in [2.05, 4.69) is 17.4 Å². The van der Waals surface area contributed by atoms with Gasteiger partial charge in [-0.2, -0.15) is 0 Å². The summed E-state index contributed by atoms with van der Waals surface area (Å²) in [4.78, 5) is 0. The predicted octanol–water partition coefficient (Wildman–Crippen LogP) is 3.06. The third-order valence-electron chi connectivity index (χ3n) is 1.04. The second-order valence-electron chi connectivity index (χ2n) is 3.47. The van der Waals surface area contributed by atoms with Crippen molar-refractivity contribution in [3.8, 4) is 0 Å². The smallest absolute Gasteiger partial charge is 0.251 e. The number of nitrogens with one attached hydrogen (secondary N) is 1. The van der Waals surface area contributed by atoms with Crippen molar-refractivity contribution < 1.29 is 0 Å². The van der Waals surface area contributed by atoms with Gasteiger partial charge < -0.3 is 11.5 Å². The van der Waals surface area contributed by atoms with Crippen molar-refractivity contribution >= 4 is 60.3 Å². The van der Waals surface area contributed by atoms with Crippen LogP contribution in [-0.4, -0.2) is 20.0 Å². The molecule has 1 rings (SSSR count). The van der Waals surface area contributed by atoms with Gasteiger partial charge in [0.1, 0.15) is 5.84 Å². The second-order valence-corrected chi connectivity index (χ2v) is 8.25. The zero-order valence-electron chi connectivity index (χ0n) is 9.00. The second kappa shape index (κ2) is 8.26. The van der Waals surface area contributed by atoms with Gasteiger partial charge in [-0.05, 0) is 0 Å². The van der Waals surface area contributed by atoms with Crippen molar-refractivity contribution in [2.75, 3.05) is 5.73 Å². The SMILES string of the molecule is Cl.N=C(N)c1c(Cl)csc1N.[CH3][Al]([CH3])[CH3]. The molecule has 0 radical (unpaired) electrons. The lowest BCUT2D eigenvalue weighted by Crippen LogP contribution is -2.12. The Hall–Kier alpha value is 0.0825. The Morgan fingerprint density at radius 2 is 1.87 bits per heavy atom. The number of halogens is 2. The molecule has 0 aliphatic carbocycles. The van der Waals surface area contributed by atoms with Crippen molar-refractivity contribution in [2.45, 2.75) is 17.4 Å². The monoisotopic (exact) mass is 283 g/mol. The van der Waals surface area contributed by atoms with Crippen LogP contribution in [-0.2, 0) is 0 Å². The maximum atomic E-state index is 7.05. The van der Waals surface area contributed by atoms with Gasteiger partial charge in [0.15, 0.2) is 0 Å². The summed E-state index contributed by atoms with van der Waals surface area (Å²) in [5, 5.41) is 9.67. The summed E-state index contributed by atoms with van der Waals surface area (Å²) < 4.78 is 0. The minimum Gasteiger partial charge on any atom is -0.390 e. The minimum absolute atomic E-state index is 0. The predicted molar refractivity (Wildman–Crippen MR) is 75.4 cm³/mol. The van der Waals surface area contributed by atoms with Crippen LogP contribution in [0.15, 0.2) is 5.38 Å². The molecule has 0 unspecified atom stereocenters. The van der Waals surface area contributed by atoms with Crippen molar-refractivity contribution in [1.82, 2.24) is 0 Å². The number of hydrogen-bond acceptors (Lipinski definition) is 3. The Bertz CT molecular complexity index is 293. The van der Waals surface area contributed by atoms with Gasteiger partial charge in [0, 0.05) is 5.38 Å². The van der Waals surface area contributed by atoms with Gasteiger partial charge in [-0.3, -0.25) is 5.41 Å². The van der Waals surface area contributed by atoms with Crippen LogP contribution in [0.25, 0.3) is 0 Å². The fraction of sp³-hybridized carbons (Fsp3) is 0.375. The van der Waals surface area contributed by atoms with E-state index in [1.165, 1.54) is 11.3 Å². The molecule has 0 saturated heterocycles. The Morgan fingerprint density at radius 3 is 2.00 bits per heavy atom. The Labute approximate surface area is 110 Å². The van der Waals surface area contributed by atoms with Crippen LogP contribution < -0.4 is 11.5 Å². The number of amidine groups is 1. The molecule has 0 amide bonds. The molecule has 0 saturated carbocycles. The van der Waals surface area contributed by atoms with E-state index in [0.717, 1.165) is 0 Å². The molecular weight excluding hydrogens is 268 g/mol. The summed E-state index contributed by atoms with van der Waals surface area (Å²) in [7, 11) is 0. The first-order valence-corrected chi connectivity index (χ1v) is 8.95. The first-order valence-electron chi connectivity index (χ1n) is 4.23. The molecule has 0 bridgehead atoms. The summed E-state index contributed by atoms with van der Waals surface area (Å²) >= 11 is 6.80. The van der Waals surface area contributed by atoms with Crippen LogP contribution in [0.1, 0.15) is 5.56 Å². The van der Waals surface area contributed by atoms with Gasteiger partial charge in [0.25, 0.3) is 14.1 Å². The molecule has 0 fully saturated rings. The molecule has 15 heavy (non-hydrogen) atoms. The average Bonchev–Trinajstić information content (AvgIpc) is 2.29. The number of thiophene rings is 1. The summed E-state index contributed by atoms with van der Waals surface area (Å²) in [6.45, 7) is 0. The molecule has 0 aromatic carbocycles. The quantitative estimate of drug-likeness (QED) is 0.421. The normalized spacial score (nSPS) is 8.27. The zero-order chi connectivity index (χ0) is 11.3. The van der Waals surface area contributed by atoms with Crippen LogP contribution in [0.3, 0.4) is 0 Å². The van der Waals surface area contributed by atoms with E-state index in [9.17, 15) is 0 Å². The molecule has 1 heterocycles. The van der Waals surface area contributed by atoms with E-state index >= 15 is 0 Å². The van der Waals surface area contributed by atoms with Gasteiger partial charge in [-0.15, -0.1) is 41.1 Å². The van der Waals surface area contributed by atoms with Crippen molar-refractivity contribution in [3.05, 3.63) is 16.0 Å². The molecule has 3 nitrogen and oxygen atoms in total. The third-order valence-corrected chi connectivity index (χ3v) is 2.28. The van der Waals surface area contributed by atoms with E-state index < -0.39 is 0 Å². The molecule has 0 aliphatic heterocycles. The highest BCUT2D eigenvalue weighted by Crippen LogP contribution is 2.28. The molecule has 0 atom stereocenters. The highest BCUT2D eigenvalue weighted by molar-refractivity contribution is 7.15. The Balaban J connectivity index is 0. The largest absolute Gasteiger partial charge is 0.390 e. The van der Waals surface area contributed by atoms with Crippen LogP contribution in [0.5, 0.6) is 0 Å². The standard InChI is InChI=1S/C5H6ClN3S.3CH3.Al.ClH/c6-2-1-10-5(9)3(2)4(7)8;;;;;/h1H,9H2,(H3,7,8);3*1H3;;1H. The van der Waals surface area contributed by atoms with E-state index in [1.54, 1.807) is 5.38 Å². The molecule has 1 aromatic rings. The van der Waals surface area contributed by atoms with Gasteiger partial charge in [0.05, 0.1) is 15.6 Å². The highest BCUT2D eigenvalue weighted by atomic mass is 35.5. The third kappa shape index (κ3) is 7.05. The zero-order valence-corrected chi connectivity index (χ0v) is 12.5. The van der Waals surface area contributed by atoms with Crippen molar-refractivity contribution in [3.63, 3.8) is 0 Å². The van der Waals surface area contributed by atoms with Crippen LogP contribution in [0, 0.1) is 5.41 Å². The van der Waals surface area contributed by atoms with Crippen LogP contribution in [0.4, 0.5) is 5.00 Å². The average molecular weight is 284 g/mol. The molecule has 0 spiro atoms. The number of anilines is 1. The first-order chi connectivity index (χ1) is 6.36. The topological polar surface area (TPSA) is 75.9 Å². The summed E-state index contributed by atoms with van der Waals surface area (Å²) in [6.07, 6.45) is 0. The van der Waals surface area contributed by atoms with Gasteiger partial charge in [0.2, 0.25) is 0 Å². The maximum absolute atomic E-state index is 7.05. The van der Waals surface area contributed by atoms with Crippen molar-refractivity contribution in [1.29, 1.82) is 5.41 Å². The summed E-state index contributed by atoms with van der Waals surface area (Å²) in [5.41, 5.74) is 11.1. The lowest BCUT2D eigenvalue weighted by molar-refractivity contribution is 1.44. The maximum Gasteiger partial charge on any atom is 0.251 e. The molecule has 5 N–H and O–H groups in total. The highest BCUT2D eigenvalue weighted by Gasteiger charge is 2.08. The van der Waals surface area contributed by atoms with Gasteiger partial charge >= 0.3 is 0 Å². The fourth-order valence-electron chi connectivity index (χ4n) is 0.612. The van der Waals surface area contributed by atoms with Gasteiger partial charge in [-0.1, -0.05) is 11.6 Å². The van der Waals surface area contributed by atoms with E-state index in [-0.39, 0.29) is 32.4 Å². The van der Waals surface area contributed by atoms with Crippen molar-refractivity contribution in [2.24, 2.45) is 5.73 Å². The molecule has 1 aromatic heterocycles. The summed E-state index contributed by atoms with van der Waals surface area (Å²) in [6, 6.07) is 0. The first kappa shape index (κ1) is 17.5. The van der Waals surface area contributed by atoms with Gasteiger partial charge in [-0.25, -0.2) is 0 Å². The van der Waals surface area contributed by atoms with Crippen LogP contribution in [0.2, 0.25) is 22.4 Å². The van der Waals surface area contributed by atoms with E-state index in [0.29, 0.717) is 15.6 Å². The number of hydrogen-bond donors (Lipinski definition) is 3. The Kier molecular flexibility index (Phi) is 9.62. The number of rotatable bonds is 1. The fourth-order valence-corrected chi connectivity index (χ4v) is 1.69. The van der Waals surface area contributed by atoms with E-state index in [1.807, 2.05) is 0 Å². The molecule has 7 heteroatoms. The lowest BCUT2D eigenvalue weighted by atomic mass is 10.3. The molecule has 0 aliphatic rings. The lowest BCUT2D eigenvalue weighted by Gasteiger charge is -1.94. The number of nitrogens with two attached hydrogens (primary N) is 2. The van der Waals surface area contributed by atoms with Crippen LogP contribution >= 0.6 is 35.3 Å². The molecular formula is C8H16AlCl2N3S. The molecule has 86 valence electrons. The minimum atomic E-state index is -0.139.